The van der Waals surface area contributed by atoms with Gasteiger partial charge in [0.05, 0.1) is 4.92 Å². The van der Waals surface area contributed by atoms with Crippen molar-refractivity contribution in [3.8, 4) is 0 Å². The molecular formula is C41H42F3N9O2S3. The summed E-state index contributed by atoms with van der Waals surface area (Å²) in [6.07, 6.45) is 5.57. The Morgan fingerprint density at radius 1 is 0.569 bits per heavy atom. The van der Waals surface area contributed by atoms with Crippen LogP contribution in [0.1, 0.15) is 56.9 Å². The first kappa shape index (κ1) is 43.5. The molecular weight excluding hydrogens is 804 g/mol. The van der Waals surface area contributed by atoms with E-state index in [9.17, 15) is 23.3 Å². The highest BCUT2D eigenvalue weighted by molar-refractivity contribution is 8.21. The minimum absolute atomic E-state index is 0.143. The summed E-state index contributed by atoms with van der Waals surface area (Å²) in [6.45, 7) is 9.08. The molecule has 0 radical (unpaired) electrons. The maximum absolute atomic E-state index is 14.3. The van der Waals surface area contributed by atoms with Crippen LogP contribution in [0.3, 0.4) is 0 Å². The number of halogens is 3. The third kappa shape index (κ3) is 10.3. The molecule has 58 heavy (non-hydrogen) atoms. The minimum atomic E-state index is -1.02. The molecule has 4 aromatic carbocycles. The van der Waals surface area contributed by atoms with Crippen LogP contribution in [0.2, 0.25) is 0 Å². The Kier molecular flexibility index (Phi) is 13.1. The van der Waals surface area contributed by atoms with E-state index < -0.39 is 27.4 Å². The summed E-state index contributed by atoms with van der Waals surface area (Å²) < 4.78 is 42.1. The van der Waals surface area contributed by atoms with Gasteiger partial charge in [0.15, 0.2) is 15.5 Å². The number of thioether (sulfide) groups is 3. The summed E-state index contributed by atoms with van der Waals surface area (Å²) in [6, 6.07) is 22.3. The van der Waals surface area contributed by atoms with Gasteiger partial charge < -0.3 is 28.7 Å². The second kappa shape index (κ2) is 17.5. The van der Waals surface area contributed by atoms with Gasteiger partial charge in [-0.05, 0) is 111 Å². The van der Waals surface area contributed by atoms with Crippen molar-refractivity contribution in [2.45, 2.75) is 51.2 Å². The lowest BCUT2D eigenvalue weighted by Gasteiger charge is -2.28. The Morgan fingerprint density at radius 3 is 1.40 bits per heavy atom. The number of hydrogen-bond donors (Lipinski definition) is 5. The first-order valence-electron chi connectivity index (χ1n) is 17.5. The molecule has 302 valence electrons. The first-order chi connectivity index (χ1) is 27.2. The number of hydrogen-bond acceptors (Lipinski definition) is 13. The molecule has 3 unspecified atom stereocenters. The standard InChI is InChI=1S/C17H16FN3S.C12H12FN3O2S.C12H14FN3S/c1-17(13-9-12(19)7-8-14(13)18)10-15(22-16(20)21-17)11-5-3-2-4-6-11;1-7-6-12(2,15-11(14)19-7)9-5-8(16(17)18)3-4-10(9)13;1-7-6-12(2,16-11(15)17-7)9-5-8(14)3-4-10(9)13/h2-10H,19H2,1H3,(H2,20,21);3-6H,1-2H3,(H2,14,15);3-6H,14H2,1-2H3,(H2,15,16). The van der Waals surface area contributed by atoms with Gasteiger partial charge in [0.25, 0.3) is 5.69 Å². The van der Waals surface area contributed by atoms with E-state index in [2.05, 4.69) is 15.0 Å². The molecule has 3 heterocycles. The zero-order valence-corrected chi connectivity index (χ0v) is 34.6. The molecule has 7 rings (SSSR count). The Balaban J connectivity index is 0.000000167. The molecule has 10 N–H and O–H groups in total. The quantitative estimate of drug-likeness (QED) is 0.0730. The lowest BCUT2D eigenvalue weighted by Crippen LogP contribution is -2.26. The number of allylic oxidation sites excluding steroid dienone is 2. The SMILES string of the molecule is CC1(c2cc(N)ccc2F)C=C(c2ccccc2)SC(N)=N1.CC1=CC(C)(c2cc(N)ccc2F)N=C(N)S1.CC1=CC(C)(c2cc([N+](=O)[O-])ccc2F)N=C(N)S1. The van der Waals surface area contributed by atoms with Crippen LogP contribution in [-0.4, -0.2) is 20.4 Å². The Hall–Kier alpha value is -5.65. The van der Waals surface area contributed by atoms with Crippen LogP contribution in [0.4, 0.5) is 30.2 Å². The number of non-ortho nitro benzene ring substituents is 1. The minimum Gasteiger partial charge on any atom is -0.399 e. The van der Waals surface area contributed by atoms with Crippen LogP contribution in [0.25, 0.3) is 4.91 Å². The normalized spacial score (nSPS) is 22.6. The predicted octanol–water partition coefficient (Wildman–Crippen LogP) is 9.23. The second-order valence-corrected chi connectivity index (χ2v) is 17.5. The highest BCUT2D eigenvalue weighted by atomic mass is 32.2. The number of benzene rings is 4. The number of nitro benzene ring substituents is 1. The van der Waals surface area contributed by atoms with E-state index in [4.69, 9.17) is 28.7 Å². The van der Waals surface area contributed by atoms with Gasteiger partial charge in [0.1, 0.15) is 34.1 Å². The lowest BCUT2D eigenvalue weighted by molar-refractivity contribution is -0.385. The van der Waals surface area contributed by atoms with Gasteiger partial charge in [-0.25, -0.2) is 28.1 Å². The number of rotatable bonds is 5. The number of amidine groups is 3. The van der Waals surface area contributed by atoms with Gasteiger partial charge in [-0.1, -0.05) is 65.6 Å². The Bertz CT molecular complexity index is 2400. The monoisotopic (exact) mass is 845 g/mol. The van der Waals surface area contributed by atoms with E-state index in [1.165, 1.54) is 65.6 Å². The predicted molar refractivity (Wildman–Crippen MR) is 236 cm³/mol. The van der Waals surface area contributed by atoms with Crippen LogP contribution in [0, 0.1) is 27.6 Å². The molecule has 3 atom stereocenters. The van der Waals surface area contributed by atoms with Crippen molar-refractivity contribution in [3.05, 3.63) is 163 Å². The van der Waals surface area contributed by atoms with Gasteiger partial charge in [-0.3, -0.25) is 10.1 Å². The van der Waals surface area contributed by atoms with E-state index in [-0.39, 0.29) is 22.9 Å². The van der Waals surface area contributed by atoms with Crippen molar-refractivity contribution in [3.63, 3.8) is 0 Å². The maximum atomic E-state index is 14.3. The van der Waals surface area contributed by atoms with Gasteiger partial charge in [-0.15, -0.1) is 0 Å². The molecule has 0 bridgehead atoms. The van der Waals surface area contributed by atoms with Gasteiger partial charge in [0, 0.05) is 45.1 Å². The lowest BCUT2D eigenvalue weighted by atomic mass is 9.90. The summed E-state index contributed by atoms with van der Waals surface area (Å²) in [5, 5.41) is 11.9. The van der Waals surface area contributed by atoms with Crippen molar-refractivity contribution in [2.75, 3.05) is 11.5 Å². The molecule has 4 aromatic rings. The highest BCUT2D eigenvalue weighted by Gasteiger charge is 2.34. The second-order valence-electron chi connectivity index (χ2n) is 13.9. The zero-order valence-electron chi connectivity index (χ0n) is 32.2. The van der Waals surface area contributed by atoms with E-state index in [1.807, 2.05) is 70.2 Å². The van der Waals surface area contributed by atoms with Crippen molar-refractivity contribution < 1.29 is 18.1 Å². The van der Waals surface area contributed by atoms with Gasteiger partial charge in [0.2, 0.25) is 0 Å². The van der Waals surface area contributed by atoms with Crippen molar-refractivity contribution >= 4 is 72.8 Å². The molecule has 17 heteroatoms. The molecule has 0 amide bonds. The fourth-order valence-corrected chi connectivity index (χ4v) is 9.17. The Labute approximate surface area is 347 Å². The van der Waals surface area contributed by atoms with Gasteiger partial charge in [-0.2, -0.15) is 0 Å². The van der Waals surface area contributed by atoms with Crippen molar-refractivity contribution in [2.24, 2.45) is 32.2 Å². The van der Waals surface area contributed by atoms with Crippen molar-refractivity contribution in [1.82, 2.24) is 0 Å². The summed E-state index contributed by atoms with van der Waals surface area (Å²) in [4.78, 5) is 26.0. The molecule has 0 fully saturated rings. The molecule has 0 aliphatic carbocycles. The van der Waals surface area contributed by atoms with E-state index in [1.54, 1.807) is 25.1 Å². The zero-order chi connectivity index (χ0) is 42.6. The van der Waals surface area contributed by atoms with Crippen LogP contribution in [0.15, 0.2) is 128 Å². The summed E-state index contributed by atoms with van der Waals surface area (Å²) >= 11 is 4.05. The van der Waals surface area contributed by atoms with Crippen LogP contribution < -0.4 is 28.7 Å². The third-order valence-corrected chi connectivity index (χ3v) is 11.3. The van der Waals surface area contributed by atoms with Crippen molar-refractivity contribution in [1.29, 1.82) is 0 Å². The highest BCUT2D eigenvalue weighted by Crippen LogP contribution is 2.42. The van der Waals surface area contributed by atoms with Crippen LogP contribution in [-0.2, 0) is 16.6 Å². The molecule has 11 nitrogen and oxygen atoms in total. The van der Waals surface area contributed by atoms with Gasteiger partial charge >= 0.3 is 0 Å². The fourth-order valence-electron chi connectivity index (χ4n) is 6.46. The molecule has 0 aromatic heterocycles. The topological polar surface area (TPSA) is 210 Å². The number of nitrogen functional groups attached to an aromatic ring is 2. The number of nitrogens with two attached hydrogens (primary N) is 5. The van der Waals surface area contributed by atoms with E-state index in [0.29, 0.717) is 38.0 Å². The molecule has 0 spiro atoms. The Morgan fingerprint density at radius 2 is 0.966 bits per heavy atom. The molecule has 0 saturated heterocycles. The molecule has 0 saturated carbocycles. The maximum Gasteiger partial charge on any atom is 0.270 e. The average molecular weight is 846 g/mol. The average Bonchev–Trinajstić information content (AvgIpc) is 3.13. The van der Waals surface area contributed by atoms with Crippen LogP contribution in [0.5, 0.6) is 0 Å². The summed E-state index contributed by atoms with van der Waals surface area (Å²) in [5.74, 6) is -1.21. The molecule has 3 aliphatic heterocycles. The number of nitrogens with zero attached hydrogens (tertiary/aromatic N) is 4. The van der Waals surface area contributed by atoms with Crippen LogP contribution >= 0.6 is 35.3 Å². The fraction of sp³-hybridized carbons (Fsp3) is 0.195. The number of anilines is 2. The molecule has 3 aliphatic rings. The van der Waals surface area contributed by atoms with E-state index in [0.717, 1.165) is 32.4 Å². The first-order valence-corrected chi connectivity index (χ1v) is 20.0. The smallest absolute Gasteiger partial charge is 0.270 e. The van der Waals surface area contributed by atoms with E-state index >= 15 is 0 Å². The third-order valence-electron chi connectivity index (χ3n) is 8.99. The summed E-state index contributed by atoms with van der Waals surface area (Å²) in [7, 11) is 0. The largest absolute Gasteiger partial charge is 0.399 e. The summed E-state index contributed by atoms with van der Waals surface area (Å²) in [5.41, 5.74) is 29.1. The number of nitro groups is 1. The number of aliphatic imine (C=N–C) groups is 3.